The Bertz CT molecular complexity index is 332. The first-order valence-electron chi connectivity index (χ1n) is 5.21. The molecule has 0 aliphatic rings. The number of pyridine rings is 1. The van der Waals surface area contributed by atoms with Gasteiger partial charge in [0.25, 0.3) is 6.43 Å². The minimum Gasteiger partial charge on any atom is -0.472 e. The molecule has 0 atom stereocenters. The summed E-state index contributed by atoms with van der Waals surface area (Å²) in [5.41, 5.74) is 1.85. The second-order valence-corrected chi connectivity index (χ2v) is 3.38. The molecule has 0 bridgehead atoms. The maximum Gasteiger partial charge on any atom is 0.272 e. The largest absolute Gasteiger partial charge is 0.472 e. The average Bonchev–Trinajstić information content (AvgIpc) is 2.25. The van der Waals surface area contributed by atoms with Crippen molar-refractivity contribution in [2.24, 2.45) is 0 Å². The first kappa shape index (κ1) is 12.8. The molecule has 0 spiro atoms. The molecular weight excluding hydrogens is 214 g/mol. The van der Waals surface area contributed by atoms with E-state index in [9.17, 15) is 8.78 Å². The first-order chi connectivity index (χ1) is 7.63. The molecule has 1 aromatic heterocycles. The van der Waals surface area contributed by atoms with Crippen molar-refractivity contribution in [1.29, 1.82) is 0 Å². The van der Waals surface area contributed by atoms with E-state index in [-0.39, 0.29) is 5.88 Å². The standard InChI is InChI=1S/C11H16F2N2O/c1-3-14-6-9-4-5-11(15-8(9)2)16-7-10(12)13/h4-5,10,14H,3,6-7H2,1-2H3. The van der Waals surface area contributed by atoms with Crippen LogP contribution in [0.4, 0.5) is 8.78 Å². The van der Waals surface area contributed by atoms with Crippen molar-refractivity contribution in [2.45, 2.75) is 26.8 Å². The quantitative estimate of drug-likeness (QED) is 0.813. The minimum atomic E-state index is -2.47. The highest BCUT2D eigenvalue weighted by Crippen LogP contribution is 2.13. The summed E-state index contributed by atoms with van der Waals surface area (Å²) in [5, 5.41) is 3.17. The Morgan fingerprint density at radius 2 is 2.19 bits per heavy atom. The number of ether oxygens (including phenoxy) is 1. The van der Waals surface area contributed by atoms with E-state index in [1.165, 1.54) is 0 Å². The van der Waals surface area contributed by atoms with E-state index in [0.717, 1.165) is 24.3 Å². The van der Waals surface area contributed by atoms with Gasteiger partial charge < -0.3 is 10.1 Å². The monoisotopic (exact) mass is 230 g/mol. The fourth-order valence-electron chi connectivity index (χ4n) is 1.24. The smallest absolute Gasteiger partial charge is 0.272 e. The number of aryl methyl sites for hydroxylation is 1. The van der Waals surface area contributed by atoms with Crippen LogP contribution < -0.4 is 10.1 Å². The molecule has 1 N–H and O–H groups in total. The molecule has 1 rings (SSSR count). The summed E-state index contributed by atoms with van der Waals surface area (Å²) in [7, 11) is 0. The number of nitrogens with zero attached hydrogens (tertiary/aromatic N) is 1. The van der Waals surface area contributed by atoms with Crippen molar-refractivity contribution in [1.82, 2.24) is 10.3 Å². The summed E-state index contributed by atoms with van der Waals surface area (Å²) >= 11 is 0. The summed E-state index contributed by atoms with van der Waals surface area (Å²) in [6.07, 6.45) is -2.47. The Morgan fingerprint density at radius 1 is 1.44 bits per heavy atom. The van der Waals surface area contributed by atoms with Crippen LogP contribution in [0.3, 0.4) is 0 Å². The van der Waals surface area contributed by atoms with Gasteiger partial charge >= 0.3 is 0 Å². The molecule has 0 amide bonds. The summed E-state index contributed by atoms with van der Waals surface area (Å²) in [6, 6.07) is 3.45. The zero-order chi connectivity index (χ0) is 12.0. The van der Waals surface area contributed by atoms with Crippen LogP contribution in [0.2, 0.25) is 0 Å². The Kier molecular flexibility index (Phi) is 5.11. The lowest BCUT2D eigenvalue weighted by molar-refractivity contribution is 0.0795. The second kappa shape index (κ2) is 6.37. The maximum absolute atomic E-state index is 11.9. The third-order valence-corrected chi connectivity index (χ3v) is 2.09. The topological polar surface area (TPSA) is 34.1 Å². The lowest BCUT2D eigenvalue weighted by Gasteiger charge is -2.09. The number of nitrogens with one attached hydrogen (secondary N) is 1. The van der Waals surface area contributed by atoms with Gasteiger partial charge in [0, 0.05) is 18.3 Å². The van der Waals surface area contributed by atoms with Crippen LogP contribution in [0.25, 0.3) is 0 Å². The fraction of sp³-hybridized carbons (Fsp3) is 0.545. The average molecular weight is 230 g/mol. The van der Waals surface area contributed by atoms with Gasteiger partial charge in [0.2, 0.25) is 5.88 Å². The number of halogens is 2. The van der Waals surface area contributed by atoms with Gasteiger partial charge in [-0.2, -0.15) is 0 Å². The van der Waals surface area contributed by atoms with E-state index in [4.69, 9.17) is 4.74 Å². The molecule has 0 aliphatic heterocycles. The zero-order valence-electron chi connectivity index (χ0n) is 9.46. The number of hydrogen-bond acceptors (Lipinski definition) is 3. The summed E-state index contributed by atoms with van der Waals surface area (Å²) in [6.45, 7) is 4.84. The molecule has 0 radical (unpaired) electrons. The molecule has 3 nitrogen and oxygen atoms in total. The molecule has 90 valence electrons. The third-order valence-electron chi connectivity index (χ3n) is 2.09. The van der Waals surface area contributed by atoms with Crippen LogP contribution in [0.15, 0.2) is 12.1 Å². The molecule has 1 heterocycles. The van der Waals surface area contributed by atoms with Gasteiger partial charge in [-0.15, -0.1) is 0 Å². The van der Waals surface area contributed by atoms with E-state index in [2.05, 4.69) is 10.3 Å². The molecule has 16 heavy (non-hydrogen) atoms. The van der Waals surface area contributed by atoms with Crippen LogP contribution in [0.5, 0.6) is 5.88 Å². The molecule has 0 unspecified atom stereocenters. The predicted molar refractivity (Wildman–Crippen MR) is 57.9 cm³/mol. The molecule has 0 saturated heterocycles. The van der Waals surface area contributed by atoms with Gasteiger partial charge in [-0.05, 0) is 19.0 Å². The Balaban J connectivity index is 2.59. The Labute approximate surface area is 93.8 Å². The Hall–Kier alpha value is -1.23. The van der Waals surface area contributed by atoms with E-state index in [1.807, 2.05) is 19.9 Å². The van der Waals surface area contributed by atoms with Crippen molar-refractivity contribution in [2.75, 3.05) is 13.2 Å². The highest BCUT2D eigenvalue weighted by Gasteiger charge is 2.06. The lowest BCUT2D eigenvalue weighted by atomic mass is 10.2. The zero-order valence-corrected chi connectivity index (χ0v) is 9.46. The molecule has 0 aromatic carbocycles. The number of rotatable bonds is 6. The van der Waals surface area contributed by atoms with Gasteiger partial charge in [0.15, 0.2) is 6.61 Å². The van der Waals surface area contributed by atoms with Crippen LogP contribution in [-0.4, -0.2) is 24.6 Å². The maximum atomic E-state index is 11.9. The lowest BCUT2D eigenvalue weighted by Crippen LogP contribution is -2.14. The van der Waals surface area contributed by atoms with E-state index in [0.29, 0.717) is 0 Å². The summed E-state index contributed by atoms with van der Waals surface area (Å²) in [4.78, 5) is 4.10. The first-order valence-corrected chi connectivity index (χ1v) is 5.21. The fourth-order valence-corrected chi connectivity index (χ4v) is 1.24. The van der Waals surface area contributed by atoms with Crippen molar-refractivity contribution in [3.8, 4) is 5.88 Å². The highest BCUT2D eigenvalue weighted by atomic mass is 19.3. The van der Waals surface area contributed by atoms with Crippen LogP contribution in [-0.2, 0) is 6.54 Å². The van der Waals surface area contributed by atoms with Crippen LogP contribution in [0, 0.1) is 6.92 Å². The van der Waals surface area contributed by atoms with E-state index < -0.39 is 13.0 Å². The summed E-state index contributed by atoms with van der Waals surface area (Å²) in [5.74, 6) is 0.248. The predicted octanol–water partition coefficient (Wildman–Crippen LogP) is 2.14. The molecular formula is C11H16F2N2O. The van der Waals surface area contributed by atoms with Crippen LogP contribution >= 0.6 is 0 Å². The highest BCUT2D eigenvalue weighted by molar-refractivity contribution is 5.24. The number of hydrogen-bond donors (Lipinski definition) is 1. The Morgan fingerprint density at radius 3 is 2.75 bits per heavy atom. The molecule has 0 aliphatic carbocycles. The number of aromatic nitrogens is 1. The van der Waals surface area contributed by atoms with Crippen molar-refractivity contribution in [3.05, 3.63) is 23.4 Å². The van der Waals surface area contributed by atoms with Crippen molar-refractivity contribution < 1.29 is 13.5 Å². The summed E-state index contributed by atoms with van der Waals surface area (Å²) < 4.78 is 28.6. The van der Waals surface area contributed by atoms with Gasteiger partial charge in [-0.25, -0.2) is 13.8 Å². The molecule has 0 fully saturated rings. The second-order valence-electron chi connectivity index (χ2n) is 3.38. The van der Waals surface area contributed by atoms with Gasteiger partial charge in [-0.3, -0.25) is 0 Å². The number of alkyl halides is 2. The molecule has 1 aromatic rings. The van der Waals surface area contributed by atoms with Gasteiger partial charge in [-0.1, -0.05) is 13.0 Å². The van der Waals surface area contributed by atoms with Crippen molar-refractivity contribution >= 4 is 0 Å². The third kappa shape index (κ3) is 4.10. The molecule has 5 heteroatoms. The van der Waals surface area contributed by atoms with E-state index >= 15 is 0 Å². The van der Waals surface area contributed by atoms with Crippen LogP contribution in [0.1, 0.15) is 18.2 Å². The minimum absolute atomic E-state index is 0.248. The SMILES string of the molecule is CCNCc1ccc(OCC(F)F)nc1C. The van der Waals surface area contributed by atoms with E-state index in [1.54, 1.807) is 6.07 Å². The van der Waals surface area contributed by atoms with Gasteiger partial charge in [0.1, 0.15) is 0 Å². The van der Waals surface area contributed by atoms with Crippen molar-refractivity contribution in [3.63, 3.8) is 0 Å². The molecule has 0 saturated carbocycles. The van der Waals surface area contributed by atoms with Gasteiger partial charge in [0.05, 0.1) is 0 Å². The normalized spacial score (nSPS) is 10.8.